The largest absolute Gasteiger partial charge is 0.256 e. The minimum atomic E-state index is -0.449. The number of allylic oxidation sites excluding steroid dienone is 7. The van der Waals surface area contributed by atoms with Crippen molar-refractivity contribution >= 4 is 49.7 Å². The van der Waals surface area contributed by atoms with E-state index in [0.29, 0.717) is 5.92 Å². The Bertz CT molecular complexity index is 3860. The molecule has 0 spiro atoms. The highest BCUT2D eigenvalue weighted by molar-refractivity contribution is 6.08. The molecule has 0 radical (unpaired) electrons. The molecule has 14 rings (SSSR count). The van der Waals surface area contributed by atoms with Gasteiger partial charge in [-0.05, 0) is 93.8 Å². The average Bonchev–Trinajstić information content (AvgIpc) is 3.72. The van der Waals surface area contributed by atoms with Gasteiger partial charge in [-0.15, -0.1) is 0 Å². The van der Waals surface area contributed by atoms with Crippen molar-refractivity contribution in [1.29, 1.82) is 0 Å². The monoisotopic (exact) mass is 880 g/mol. The van der Waals surface area contributed by atoms with Crippen molar-refractivity contribution in [3.05, 3.63) is 270 Å². The Balaban J connectivity index is 0.909. The zero-order valence-electron chi connectivity index (χ0n) is 37.8. The highest BCUT2D eigenvalue weighted by Gasteiger charge is 2.51. The normalized spacial score (nSPS) is 17.7. The third-order valence-corrected chi connectivity index (χ3v) is 15.1. The number of pyridine rings is 3. The number of hydrogen-bond acceptors (Lipinski definition) is 4. The Morgan fingerprint density at radius 1 is 0.507 bits per heavy atom. The van der Waals surface area contributed by atoms with Crippen LogP contribution in [-0.4, -0.2) is 20.7 Å². The minimum absolute atomic E-state index is 0.162. The molecule has 0 saturated carbocycles. The summed E-state index contributed by atoms with van der Waals surface area (Å²) in [6.07, 6.45) is 13.8. The van der Waals surface area contributed by atoms with E-state index in [2.05, 4.69) is 212 Å². The molecule has 4 nitrogen and oxygen atoms in total. The number of aliphatic imine (C=N–C) groups is 1. The molecule has 10 aromatic rings. The van der Waals surface area contributed by atoms with Gasteiger partial charge in [0.1, 0.15) is 0 Å². The van der Waals surface area contributed by atoms with E-state index in [1.165, 1.54) is 44.7 Å². The molecule has 4 heterocycles. The van der Waals surface area contributed by atoms with Crippen molar-refractivity contribution < 1.29 is 0 Å². The minimum Gasteiger partial charge on any atom is -0.256 e. The number of aromatic nitrogens is 3. The first-order valence-corrected chi connectivity index (χ1v) is 24.1. The Kier molecular flexibility index (Phi) is 9.03. The van der Waals surface area contributed by atoms with Crippen LogP contribution in [0.1, 0.15) is 40.7 Å². The Morgan fingerprint density at radius 3 is 1.94 bits per heavy atom. The second-order valence-corrected chi connectivity index (χ2v) is 18.7. The lowest BCUT2D eigenvalue weighted by molar-refractivity contribution is 0.519. The molecule has 7 aromatic carbocycles. The van der Waals surface area contributed by atoms with Crippen LogP contribution in [0.4, 0.5) is 0 Å². The number of benzene rings is 7. The maximum Gasteiger partial charge on any atom is 0.0972 e. The fraction of sp³-hybridized carbons (Fsp3) is 0.0769. The van der Waals surface area contributed by atoms with Gasteiger partial charge in [0.25, 0.3) is 0 Å². The first kappa shape index (κ1) is 39.6. The number of fused-ring (bicyclic) bond motifs is 10. The molecule has 0 amide bonds. The molecule has 0 fully saturated rings. The molecule has 0 N–H and O–H groups in total. The zero-order chi connectivity index (χ0) is 45.5. The van der Waals surface area contributed by atoms with Gasteiger partial charge in [-0.25, -0.2) is 9.97 Å². The predicted octanol–water partition coefficient (Wildman–Crippen LogP) is 15.5. The summed E-state index contributed by atoms with van der Waals surface area (Å²) in [4.78, 5) is 21.2. The van der Waals surface area contributed by atoms with E-state index in [1.807, 2.05) is 18.3 Å². The predicted molar refractivity (Wildman–Crippen MR) is 284 cm³/mol. The molecule has 0 saturated heterocycles. The van der Waals surface area contributed by atoms with Gasteiger partial charge in [0, 0.05) is 62.2 Å². The lowest BCUT2D eigenvalue weighted by atomic mass is 9.63. The summed E-state index contributed by atoms with van der Waals surface area (Å²) in [5.74, 6) is 0.453. The SMILES string of the molecule is C1=CC2=NC(c3cccc(-c4ccc(-c5ccc6ccc7ccc(-c8ccccc8)nc7c6n5)c5cccnc45)c3)=C3C=C4C(=CC3C2CC1)C(c1ccccc1)(c1ccccc1)c1ccccc14. The first-order chi connectivity index (χ1) is 34.2. The lowest BCUT2D eigenvalue weighted by Crippen LogP contribution is -2.33. The van der Waals surface area contributed by atoms with Crippen molar-refractivity contribution in [2.45, 2.75) is 18.3 Å². The van der Waals surface area contributed by atoms with Crippen molar-refractivity contribution in [2.24, 2.45) is 16.8 Å². The first-order valence-electron chi connectivity index (χ1n) is 24.1. The summed E-state index contributed by atoms with van der Waals surface area (Å²) in [7, 11) is 0. The van der Waals surface area contributed by atoms with Crippen molar-refractivity contribution in [3.8, 4) is 33.6 Å². The van der Waals surface area contributed by atoms with Gasteiger partial charge >= 0.3 is 0 Å². The molecule has 69 heavy (non-hydrogen) atoms. The maximum atomic E-state index is 5.61. The van der Waals surface area contributed by atoms with Gasteiger partial charge in [0.15, 0.2) is 0 Å². The van der Waals surface area contributed by atoms with Crippen LogP contribution in [0.15, 0.2) is 247 Å². The summed E-state index contributed by atoms with van der Waals surface area (Å²) >= 11 is 0. The average molecular weight is 881 g/mol. The van der Waals surface area contributed by atoms with Crippen LogP contribution in [-0.2, 0) is 5.41 Å². The molecular formula is C65H44N4. The van der Waals surface area contributed by atoms with E-state index >= 15 is 0 Å². The number of nitrogens with zero attached hydrogens (tertiary/aromatic N) is 4. The van der Waals surface area contributed by atoms with Crippen LogP contribution in [0.2, 0.25) is 0 Å². The molecular weight excluding hydrogens is 837 g/mol. The fourth-order valence-corrected chi connectivity index (χ4v) is 12.0. The second kappa shape index (κ2) is 15.8. The molecule has 3 aliphatic carbocycles. The third-order valence-electron chi connectivity index (χ3n) is 15.1. The molecule has 0 bridgehead atoms. The van der Waals surface area contributed by atoms with Gasteiger partial charge in [-0.2, -0.15) is 0 Å². The Morgan fingerprint density at radius 2 is 1.16 bits per heavy atom. The van der Waals surface area contributed by atoms with E-state index in [1.54, 1.807) is 0 Å². The summed E-state index contributed by atoms with van der Waals surface area (Å²) in [6, 6.07) is 72.1. The van der Waals surface area contributed by atoms with E-state index in [-0.39, 0.29) is 5.92 Å². The topological polar surface area (TPSA) is 51.0 Å². The van der Waals surface area contributed by atoms with Gasteiger partial charge in [0.05, 0.1) is 39.0 Å². The molecule has 3 aromatic heterocycles. The van der Waals surface area contributed by atoms with Gasteiger partial charge in [0.2, 0.25) is 0 Å². The van der Waals surface area contributed by atoms with Crippen LogP contribution < -0.4 is 0 Å². The smallest absolute Gasteiger partial charge is 0.0972 e. The van der Waals surface area contributed by atoms with Crippen LogP contribution in [0.25, 0.3) is 77.6 Å². The highest BCUT2D eigenvalue weighted by atomic mass is 14.8. The van der Waals surface area contributed by atoms with Crippen molar-refractivity contribution in [3.63, 3.8) is 0 Å². The molecule has 324 valence electrons. The molecule has 1 aliphatic heterocycles. The standard InChI is InChI=1S/C65H44N4/c1-4-16-41(17-5-1)58-35-31-42-29-30-43-32-36-60(69-63(43)62(42)67-58)51-34-33-48(64-52(51)26-15-37-66-64)44-18-14-19-45(38-44)61-55-39-54-49-24-10-12-27-56(49)65(46-20-6-2-7-21-46,47-22-8-3-9-23-47)57(54)40-53(55)50-25-11-13-28-59(50)68-61/h1-10,12-24,26-40,50,53H,11,25H2. The number of rotatable bonds is 6. The Labute approximate surface area is 401 Å². The van der Waals surface area contributed by atoms with E-state index in [0.717, 1.165) is 90.5 Å². The van der Waals surface area contributed by atoms with Crippen LogP contribution in [0.3, 0.4) is 0 Å². The lowest BCUT2D eigenvalue weighted by Gasteiger charge is -2.40. The summed E-state index contributed by atoms with van der Waals surface area (Å²) in [5.41, 5.74) is 20.9. The van der Waals surface area contributed by atoms with Gasteiger partial charge < -0.3 is 0 Å². The Hall–Kier alpha value is -8.60. The number of hydrogen-bond donors (Lipinski definition) is 0. The maximum absolute atomic E-state index is 5.61. The molecule has 4 heteroatoms. The fourth-order valence-electron chi connectivity index (χ4n) is 12.0. The van der Waals surface area contributed by atoms with Crippen LogP contribution in [0.5, 0.6) is 0 Å². The summed E-state index contributed by atoms with van der Waals surface area (Å²) in [5, 5.41) is 3.17. The van der Waals surface area contributed by atoms with Gasteiger partial charge in [-0.3, -0.25) is 9.98 Å². The summed E-state index contributed by atoms with van der Waals surface area (Å²) in [6.45, 7) is 0. The highest BCUT2D eigenvalue weighted by Crippen LogP contribution is 2.61. The van der Waals surface area contributed by atoms with E-state index < -0.39 is 5.41 Å². The second-order valence-electron chi connectivity index (χ2n) is 18.7. The van der Waals surface area contributed by atoms with E-state index in [9.17, 15) is 0 Å². The summed E-state index contributed by atoms with van der Waals surface area (Å²) < 4.78 is 0. The quantitative estimate of drug-likeness (QED) is 0.156. The van der Waals surface area contributed by atoms with Crippen LogP contribution >= 0.6 is 0 Å². The van der Waals surface area contributed by atoms with E-state index in [4.69, 9.17) is 19.9 Å². The van der Waals surface area contributed by atoms with Crippen molar-refractivity contribution in [1.82, 2.24) is 15.0 Å². The third kappa shape index (κ3) is 6.15. The molecule has 2 atom stereocenters. The molecule has 2 unspecified atom stereocenters. The zero-order valence-corrected chi connectivity index (χ0v) is 37.8. The molecule has 4 aliphatic rings. The van der Waals surface area contributed by atoms with Crippen molar-refractivity contribution in [2.75, 3.05) is 0 Å². The van der Waals surface area contributed by atoms with Crippen LogP contribution in [0, 0.1) is 11.8 Å². The van der Waals surface area contributed by atoms with Gasteiger partial charge in [-0.1, -0.05) is 188 Å².